The molecule has 3 rings (SSSR count). The molecule has 1 aromatic carbocycles. The lowest BCUT2D eigenvalue weighted by atomic mass is 10.2. The number of carbonyl (C=O) groups is 1. The van der Waals surface area contributed by atoms with Gasteiger partial charge in [-0.2, -0.15) is 0 Å². The molecule has 100 valence electrons. The minimum absolute atomic E-state index is 0.132. The van der Waals surface area contributed by atoms with Crippen molar-refractivity contribution in [1.82, 2.24) is 4.98 Å². The molecule has 4 nitrogen and oxygen atoms in total. The number of rotatable bonds is 2. The Hall–Kier alpha value is -2.47. The van der Waals surface area contributed by atoms with Crippen LogP contribution in [0.5, 0.6) is 0 Å². The fraction of sp³-hybridized carbons (Fsp3) is 0. The standard InChI is InChI=1S/C14H10FN3OS/c15-9-3-1-2-4-10(9)18-14(19)13-12(16)8-5-6-17-7-11(8)20-13/h1-7H,16H2,(H,18,19). The number of hydrogen-bond donors (Lipinski definition) is 2. The summed E-state index contributed by atoms with van der Waals surface area (Å²) in [6.07, 6.45) is 3.26. The summed E-state index contributed by atoms with van der Waals surface area (Å²) in [6.45, 7) is 0. The van der Waals surface area contributed by atoms with E-state index in [1.165, 1.54) is 23.5 Å². The highest BCUT2D eigenvalue weighted by Gasteiger charge is 2.17. The van der Waals surface area contributed by atoms with Crippen LogP contribution in [-0.2, 0) is 0 Å². The first-order chi connectivity index (χ1) is 9.66. The van der Waals surface area contributed by atoms with Gasteiger partial charge >= 0.3 is 0 Å². The van der Waals surface area contributed by atoms with E-state index in [1.807, 2.05) is 0 Å². The summed E-state index contributed by atoms with van der Waals surface area (Å²) in [4.78, 5) is 16.5. The Morgan fingerprint density at radius 1 is 1.30 bits per heavy atom. The average Bonchev–Trinajstić information content (AvgIpc) is 2.79. The van der Waals surface area contributed by atoms with Gasteiger partial charge in [-0.3, -0.25) is 9.78 Å². The molecule has 0 unspecified atom stereocenters. The number of halogens is 1. The number of anilines is 2. The molecule has 1 amide bonds. The summed E-state index contributed by atoms with van der Waals surface area (Å²) >= 11 is 1.24. The molecule has 3 N–H and O–H groups in total. The number of nitrogen functional groups attached to an aromatic ring is 1. The second kappa shape index (κ2) is 4.90. The molecule has 0 fully saturated rings. The molecule has 0 bridgehead atoms. The predicted octanol–water partition coefficient (Wildman–Crippen LogP) is 3.27. The number of para-hydroxylation sites is 1. The quantitative estimate of drug-likeness (QED) is 0.760. The predicted molar refractivity (Wildman–Crippen MR) is 78.4 cm³/mol. The number of aromatic nitrogens is 1. The third kappa shape index (κ3) is 2.10. The molecule has 0 aliphatic heterocycles. The van der Waals surface area contributed by atoms with Crippen molar-refractivity contribution in [2.75, 3.05) is 11.1 Å². The molecule has 2 aromatic heterocycles. The Bertz CT molecular complexity index is 800. The lowest BCUT2D eigenvalue weighted by molar-refractivity contribution is 0.103. The maximum atomic E-state index is 13.5. The van der Waals surface area contributed by atoms with Gasteiger partial charge in [0, 0.05) is 17.8 Å². The van der Waals surface area contributed by atoms with E-state index in [2.05, 4.69) is 10.3 Å². The average molecular weight is 287 g/mol. The number of nitrogens with zero attached hydrogens (tertiary/aromatic N) is 1. The number of amides is 1. The van der Waals surface area contributed by atoms with Crippen molar-refractivity contribution in [3.63, 3.8) is 0 Å². The maximum Gasteiger partial charge on any atom is 0.267 e. The fourth-order valence-electron chi connectivity index (χ4n) is 1.88. The smallest absolute Gasteiger partial charge is 0.267 e. The van der Waals surface area contributed by atoms with Crippen molar-refractivity contribution in [2.45, 2.75) is 0 Å². The van der Waals surface area contributed by atoms with Gasteiger partial charge in [0.25, 0.3) is 5.91 Å². The van der Waals surface area contributed by atoms with Gasteiger partial charge in [0.1, 0.15) is 10.7 Å². The Labute approximate surface area is 118 Å². The summed E-state index contributed by atoms with van der Waals surface area (Å²) in [5.74, 6) is -0.906. The number of pyridine rings is 1. The monoisotopic (exact) mass is 287 g/mol. The maximum absolute atomic E-state index is 13.5. The van der Waals surface area contributed by atoms with Crippen LogP contribution < -0.4 is 11.1 Å². The van der Waals surface area contributed by atoms with Crippen LogP contribution in [0.4, 0.5) is 15.8 Å². The Morgan fingerprint density at radius 2 is 2.10 bits per heavy atom. The Kier molecular flexibility index (Phi) is 3.08. The van der Waals surface area contributed by atoms with Crippen molar-refractivity contribution < 1.29 is 9.18 Å². The zero-order valence-electron chi connectivity index (χ0n) is 10.3. The van der Waals surface area contributed by atoms with E-state index in [4.69, 9.17) is 5.73 Å². The lowest BCUT2D eigenvalue weighted by Crippen LogP contribution is -2.12. The van der Waals surface area contributed by atoms with E-state index in [1.54, 1.807) is 30.6 Å². The second-order valence-electron chi connectivity index (χ2n) is 4.15. The highest BCUT2D eigenvalue weighted by molar-refractivity contribution is 7.21. The molecular weight excluding hydrogens is 277 g/mol. The van der Waals surface area contributed by atoms with Crippen LogP contribution >= 0.6 is 11.3 Å². The molecule has 0 atom stereocenters. The van der Waals surface area contributed by atoms with Crippen LogP contribution in [0.3, 0.4) is 0 Å². The van der Waals surface area contributed by atoms with Crippen LogP contribution in [0.2, 0.25) is 0 Å². The van der Waals surface area contributed by atoms with Crippen LogP contribution in [0.25, 0.3) is 10.1 Å². The molecule has 0 aliphatic carbocycles. The molecule has 6 heteroatoms. The van der Waals surface area contributed by atoms with Crippen LogP contribution in [0.15, 0.2) is 42.7 Å². The van der Waals surface area contributed by atoms with Gasteiger partial charge in [-0.1, -0.05) is 12.1 Å². The number of benzene rings is 1. The van der Waals surface area contributed by atoms with E-state index in [0.29, 0.717) is 10.6 Å². The number of nitrogens with one attached hydrogen (secondary N) is 1. The highest BCUT2D eigenvalue weighted by Crippen LogP contribution is 2.33. The molecule has 0 aliphatic rings. The van der Waals surface area contributed by atoms with Gasteiger partial charge in [-0.05, 0) is 18.2 Å². The summed E-state index contributed by atoms with van der Waals surface area (Å²) in [6, 6.07) is 7.74. The van der Waals surface area contributed by atoms with Gasteiger partial charge < -0.3 is 11.1 Å². The molecule has 20 heavy (non-hydrogen) atoms. The minimum atomic E-state index is -0.484. The van der Waals surface area contributed by atoms with Gasteiger partial charge in [-0.15, -0.1) is 11.3 Å². The van der Waals surface area contributed by atoms with E-state index in [0.717, 1.165) is 10.1 Å². The van der Waals surface area contributed by atoms with Crippen molar-refractivity contribution in [3.8, 4) is 0 Å². The first kappa shape index (κ1) is 12.6. The zero-order valence-corrected chi connectivity index (χ0v) is 11.1. The van der Waals surface area contributed by atoms with Crippen molar-refractivity contribution in [3.05, 3.63) is 53.4 Å². The van der Waals surface area contributed by atoms with Gasteiger partial charge in [0.2, 0.25) is 0 Å². The second-order valence-corrected chi connectivity index (χ2v) is 5.20. The van der Waals surface area contributed by atoms with Gasteiger partial charge in [-0.25, -0.2) is 4.39 Å². The number of fused-ring (bicyclic) bond motifs is 1. The van der Waals surface area contributed by atoms with Crippen LogP contribution in [-0.4, -0.2) is 10.9 Å². The van der Waals surface area contributed by atoms with E-state index in [-0.39, 0.29) is 5.69 Å². The summed E-state index contributed by atoms with van der Waals surface area (Å²) in [5.41, 5.74) is 6.48. The lowest BCUT2D eigenvalue weighted by Gasteiger charge is -2.05. The molecule has 0 radical (unpaired) electrons. The molecule has 0 saturated carbocycles. The van der Waals surface area contributed by atoms with E-state index >= 15 is 0 Å². The Balaban J connectivity index is 1.97. The van der Waals surface area contributed by atoms with Crippen LogP contribution in [0.1, 0.15) is 9.67 Å². The van der Waals surface area contributed by atoms with Crippen molar-refractivity contribution in [1.29, 1.82) is 0 Å². The molecule has 2 heterocycles. The summed E-state index contributed by atoms with van der Waals surface area (Å²) in [7, 11) is 0. The van der Waals surface area contributed by atoms with Gasteiger partial charge in [0.15, 0.2) is 0 Å². The number of hydrogen-bond acceptors (Lipinski definition) is 4. The largest absolute Gasteiger partial charge is 0.397 e. The molecular formula is C14H10FN3OS. The third-order valence-electron chi connectivity index (χ3n) is 2.86. The Morgan fingerprint density at radius 3 is 2.85 bits per heavy atom. The SMILES string of the molecule is Nc1c(C(=O)Nc2ccccc2F)sc2cnccc12. The first-order valence-electron chi connectivity index (χ1n) is 5.84. The highest BCUT2D eigenvalue weighted by atomic mass is 32.1. The molecule has 3 aromatic rings. The fourth-order valence-corrected chi connectivity index (χ4v) is 2.87. The van der Waals surface area contributed by atoms with Gasteiger partial charge in [0.05, 0.1) is 16.1 Å². The topological polar surface area (TPSA) is 68.0 Å². The number of carbonyl (C=O) groups excluding carboxylic acids is 1. The number of nitrogens with two attached hydrogens (primary N) is 1. The molecule has 0 spiro atoms. The summed E-state index contributed by atoms with van der Waals surface area (Å²) in [5, 5.41) is 3.31. The number of thiophene rings is 1. The zero-order chi connectivity index (χ0) is 14.1. The third-order valence-corrected chi connectivity index (χ3v) is 4.01. The normalized spacial score (nSPS) is 10.7. The van der Waals surface area contributed by atoms with E-state index in [9.17, 15) is 9.18 Å². The summed E-state index contributed by atoms with van der Waals surface area (Å²) < 4.78 is 14.3. The minimum Gasteiger partial charge on any atom is -0.397 e. The van der Waals surface area contributed by atoms with E-state index < -0.39 is 11.7 Å². The first-order valence-corrected chi connectivity index (χ1v) is 6.66. The molecule has 0 saturated heterocycles. The van der Waals surface area contributed by atoms with Crippen LogP contribution in [0, 0.1) is 5.82 Å². The van der Waals surface area contributed by atoms with Crippen molar-refractivity contribution >= 4 is 38.7 Å². The van der Waals surface area contributed by atoms with Crippen molar-refractivity contribution in [2.24, 2.45) is 0 Å².